The van der Waals surface area contributed by atoms with Crippen LogP contribution in [0.3, 0.4) is 0 Å². The lowest BCUT2D eigenvalue weighted by atomic mass is 9.85. The van der Waals surface area contributed by atoms with Gasteiger partial charge in [-0.05, 0) is 25.7 Å². The third kappa shape index (κ3) is 1.29. The Morgan fingerprint density at radius 1 is 1.21 bits per heavy atom. The molecule has 0 amide bonds. The largest absolute Gasteiger partial charge is 0.352 e. The monoisotopic (exact) mass is 192 g/mol. The lowest BCUT2D eigenvalue weighted by Crippen LogP contribution is -2.15. The van der Waals surface area contributed by atoms with Gasteiger partial charge in [0.05, 0.1) is 0 Å². The van der Waals surface area contributed by atoms with Gasteiger partial charge >= 0.3 is 0 Å². The summed E-state index contributed by atoms with van der Waals surface area (Å²) in [7, 11) is 2.07. The van der Waals surface area contributed by atoms with E-state index in [1.54, 1.807) is 0 Å². The van der Waals surface area contributed by atoms with Crippen LogP contribution in [0.15, 0.2) is 0 Å². The van der Waals surface area contributed by atoms with Gasteiger partial charge in [0.1, 0.15) is 5.82 Å². The fraction of sp³-hybridized carbons (Fsp3) is 0.800. The molecule has 1 aromatic heterocycles. The van der Waals surface area contributed by atoms with Gasteiger partial charge in [-0.1, -0.05) is 6.42 Å². The van der Waals surface area contributed by atoms with Crippen molar-refractivity contribution in [2.75, 3.05) is 5.32 Å². The predicted octanol–water partition coefficient (Wildman–Crippen LogP) is 1.66. The van der Waals surface area contributed by atoms with Crippen LogP contribution in [0.5, 0.6) is 0 Å². The summed E-state index contributed by atoms with van der Waals surface area (Å²) in [5.74, 6) is 2.79. The summed E-state index contributed by atoms with van der Waals surface area (Å²) < 4.78 is 2.13. The zero-order chi connectivity index (χ0) is 9.54. The molecule has 2 aliphatic carbocycles. The zero-order valence-electron chi connectivity index (χ0n) is 8.53. The van der Waals surface area contributed by atoms with Crippen LogP contribution in [0.4, 0.5) is 5.95 Å². The molecule has 0 saturated heterocycles. The molecule has 0 bridgehead atoms. The molecule has 1 N–H and O–H groups in total. The van der Waals surface area contributed by atoms with Gasteiger partial charge in [-0.2, -0.15) is 0 Å². The van der Waals surface area contributed by atoms with Gasteiger partial charge < -0.3 is 9.88 Å². The second-order valence-corrected chi connectivity index (χ2v) is 4.49. The molecule has 0 atom stereocenters. The van der Waals surface area contributed by atoms with E-state index in [0.717, 1.165) is 5.95 Å². The highest BCUT2D eigenvalue weighted by atomic mass is 15.4. The highest BCUT2D eigenvalue weighted by Gasteiger charge is 2.27. The van der Waals surface area contributed by atoms with Crippen molar-refractivity contribution >= 4 is 5.95 Å². The molecule has 0 aliphatic heterocycles. The topological polar surface area (TPSA) is 42.7 Å². The van der Waals surface area contributed by atoms with E-state index in [2.05, 4.69) is 27.1 Å². The lowest BCUT2D eigenvalue weighted by Gasteiger charge is -2.24. The van der Waals surface area contributed by atoms with E-state index in [9.17, 15) is 0 Å². The molecule has 2 saturated carbocycles. The average Bonchev–Trinajstić information content (AvgIpc) is 2.82. The van der Waals surface area contributed by atoms with Crippen molar-refractivity contribution in [3.63, 3.8) is 0 Å². The molecule has 0 radical (unpaired) electrons. The van der Waals surface area contributed by atoms with Crippen LogP contribution in [0.25, 0.3) is 0 Å². The maximum Gasteiger partial charge on any atom is 0.224 e. The zero-order valence-corrected chi connectivity index (χ0v) is 8.53. The summed E-state index contributed by atoms with van der Waals surface area (Å²) in [4.78, 5) is 0. The normalized spacial score (nSPS) is 22.1. The number of hydrogen-bond acceptors (Lipinski definition) is 3. The Labute approximate surface area is 83.7 Å². The molecule has 2 fully saturated rings. The van der Waals surface area contributed by atoms with E-state index >= 15 is 0 Å². The number of rotatable bonds is 3. The summed E-state index contributed by atoms with van der Waals surface area (Å²) in [5, 5.41) is 11.9. The first-order chi connectivity index (χ1) is 6.84. The molecule has 0 aromatic carbocycles. The molecule has 4 heteroatoms. The van der Waals surface area contributed by atoms with Crippen molar-refractivity contribution in [3.8, 4) is 0 Å². The SMILES string of the molecule is Cn1c(NC2CC2)nnc1C1CCC1. The second-order valence-electron chi connectivity index (χ2n) is 4.49. The van der Waals surface area contributed by atoms with Gasteiger partial charge in [-0.25, -0.2) is 0 Å². The first-order valence-corrected chi connectivity index (χ1v) is 5.50. The van der Waals surface area contributed by atoms with Crippen molar-refractivity contribution < 1.29 is 0 Å². The second kappa shape index (κ2) is 2.97. The van der Waals surface area contributed by atoms with Crippen LogP contribution in [0, 0.1) is 0 Å². The highest BCUT2D eigenvalue weighted by molar-refractivity contribution is 5.30. The number of aromatic nitrogens is 3. The Morgan fingerprint density at radius 2 is 2.00 bits per heavy atom. The molecule has 0 unspecified atom stereocenters. The molecule has 76 valence electrons. The Balaban J connectivity index is 1.79. The Bertz CT molecular complexity index is 336. The molecular formula is C10H16N4. The molecule has 1 aromatic rings. The summed E-state index contributed by atoms with van der Waals surface area (Å²) in [5.41, 5.74) is 0. The van der Waals surface area contributed by atoms with Gasteiger partial charge in [0.2, 0.25) is 5.95 Å². The van der Waals surface area contributed by atoms with Crippen LogP contribution >= 0.6 is 0 Å². The minimum Gasteiger partial charge on any atom is -0.352 e. The summed E-state index contributed by atoms with van der Waals surface area (Å²) in [6.45, 7) is 0. The van der Waals surface area contributed by atoms with Gasteiger partial charge in [-0.15, -0.1) is 10.2 Å². The third-order valence-electron chi connectivity index (χ3n) is 3.29. The standard InChI is InChI=1S/C10H16N4/c1-14-9(7-3-2-4-7)12-13-10(14)11-8-5-6-8/h7-8H,2-6H2,1H3,(H,11,13). The highest BCUT2D eigenvalue weighted by Crippen LogP contribution is 2.36. The molecule has 0 spiro atoms. The van der Waals surface area contributed by atoms with Crippen molar-refractivity contribution in [1.82, 2.24) is 14.8 Å². The van der Waals surface area contributed by atoms with E-state index < -0.39 is 0 Å². The van der Waals surface area contributed by atoms with Gasteiger partial charge in [-0.3, -0.25) is 0 Å². The minimum absolute atomic E-state index is 0.659. The van der Waals surface area contributed by atoms with Crippen LogP contribution in [0.1, 0.15) is 43.8 Å². The van der Waals surface area contributed by atoms with Crippen molar-refractivity contribution in [3.05, 3.63) is 5.82 Å². The number of nitrogens with zero attached hydrogens (tertiary/aromatic N) is 3. The van der Waals surface area contributed by atoms with E-state index in [4.69, 9.17) is 0 Å². The van der Waals surface area contributed by atoms with Gasteiger partial charge in [0, 0.05) is 19.0 Å². The average molecular weight is 192 g/mol. The molecular weight excluding hydrogens is 176 g/mol. The lowest BCUT2D eigenvalue weighted by molar-refractivity contribution is 0.392. The minimum atomic E-state index is 0.659. The van der Waals surface area contributed by atoms with E-state index in [0.29, 0.717) is 12.0 Å². The summed E-state index contributed by atoms with van der Waals surface area (Å²) in [6.07, 6.45) is 6.49. The predicted molar refractivity (Wildman–Crippen MR) is 54.2 cm³/mol. The third-order valence-corrected chi connectivity index (χ3v) is 3.29. The molecule has 4 nitrogen and oxygen atoms in total. The smallest absolute Gasteiger partial charge is 0.224 e. The summed E-state index contributed by atoms with van der Waals surface area (Å²) in [6, 6.07) is 0.659. The maximum absolute atomic E-state index is 4.27. The van der Waals surface area contributed by atoms with Crippen LogP contribution in [0.2, 0.25) is 0 Å². The number of hydrogen-bond donors (Lipinski definition) is 1. The van der Waals surface area contributed by atoms with Gasteiger partial charge in [0.15, 0.2) is 0 Å². The summed E-state index contributed by atoms with van der Waals surface area (Å²) >= 11 is 0. The molecule has 14 heavy (non-hydrogen) atoms. The van der Waals surface area contributed by atoms with Crippen LogP contribution in [-0.4, -0.2) is 20.8 Å². The number of nitrogens with one attached hydrogen (secondary N) is 1. The fourth-order valence-corrected chi connectivity index (χ4v) is 1.90. The van der Waals surface area contributed by atoms with E-state index in [-0.39, 0.29) is 0 Å². The first-order valence-electron chi connectivity index (χ1n) is 5.50. The fourth-order valence-electron chi connectivity index (χ4n) is 1.90. The van der Waals surface area contributed by atoms with Crippen LogP contribution in [-0.2, 0) is 7.05 Å². The maximum atomic E-state index is 4.27. The van der Waals surface area contributed by atoms with Crippen LogP contribution < -0.4 is 5.32 Å². The Kier molecular flexibility index (Phi) is 1.75. The molecule has 3 rings (SSSR count). The Hall–Kier alpha value is -1.06. The van der Waals surface area contributed by atoms with E-state index in [1.165, 1.54) is 37.9 Å². The quantitative estimate of drug-likeness (QED) is 0.792. The Morgan fingerprint density at radius 3 is 2.57 bits per heavy atom. The van der Waals surface area contributed by atoms with Crippen molar-refractivity contribution in [1.29, 1.82) is 0 Å². The first kappa shape index (κ1) is 8.26. The molecule has 2 aliphatic rings. The van der Waals surface area contributed by atoms with Crippen molar-refractivity contribution in [2.24, 2.45) is 7.05 Å². The van der Waals surface area contributed by atoms with E-state index in [1.807, 2.05) is 0 Å². The van der Waals surface area contributed by atoms with Gasteiger partial charge in [0.25, 0.3) is 0 Å². The number of anilines is 1. The van der Waals surface area contributed by atoms with Crippen molar-refractivity contribution in [2.45, 2.75) is 44.1 Å². The molecule has 1 heterocycles.